The molecule has 238 valence electrons. The Morgan fingerprint density at radius 1 is 1.16 bits per heavy atom. The number of aldehydes is 1. The molecule has 0 unspecified atom stereocenters. The summed E-state index contributed by atoms with van der Waals surface area (Å²) in [6.07, 6.45) is 4.78. The van der Waals surface area contributed by atoms with Crippen molar-refractivity contribution < 1.29 is 35.9 Å². The van der Waals surface area contributed by atoms with Gasteiger partial charge in [0.05, 0.1) is 24.1 Å². The van der Waals surface area contributed by atoms with Gasteiger partial charge in [0.25, 0.3) is 5.56 Å². The van der Waals surface area contributed by atoms with Crippen LogP contribution in [0.5, 0.6) is 0 Å². The SMILES string of the molecule is CN(/C=C\c1cc(/C(N)=N/c2ccccn2)c(F)cc1C=O)CCCCCCOC(F)F.Nc1cn[nH]c(=O)c1C(F)(F)F. The molecule has 3 rings (SSSR count). The average molecular weight is 628 g/mol. The molecule has 2 aromatic heterocycles. The van der Waals surface area contributed by atoms with Crippen molar-refractivity contribution in [1.82, 2.24) is 20.1 Å². The Morgan fingerprint density at radius 2 is 1.89 bits per heavy atom. The second-order valence-electron chi connectivity index (χ2n) is 9.13. The fourth-order valence-electron chi connectivity index (χ4n) is 3.63. The van der Waals surface area contributed by atoms with Crippen LogP contribution < -0.4 is 17.0 Å². The Hall–Kier alpha value is -4.73. The maximum Gasteiger partial charge on any atom is 0.423 e. The van der Waals surface area contributed by atoms with E-state index in [1.54, 1.807) is 41.8 Å². The first-order chi connectivity index (χ1) is 20.8. The van der Waals surface area contributed by atoms with E-state index >= 15 is 0 Å². The first kappa shape index (κ1) is 35.5. The van der Waals surface area contributed by atoms with Crippen molar-refractivity contribution in [3.05, 3.63) is 87.4 Å². The molecular weight excluding hydrogens is 596 g/mol. The number of ether oxygens (including phenoxy) is 1. The Balaban J connectivity index is 0.000000469. The summed E-state index contributed by atoms with van der Waals surface area (Å²) in [7, 11) is 1.87. The number of hydrogen-bond acceptors (Lipinski definition) is 8. The maximum atomic E-state index is 14.5. The van der Waals surface area contributed by atoms with Crippen LogP contribution in [0.25, 0.3) is 6.08 Å². The number of nitrogens with two attached hydrogens (primary N) is 2. The number of nitrogens with zero attached hydrogens (tertiary/aromatic N) is 4. The van der Waals surface area contributed by atoms with Crippen LogP contribution in [-0.2, 0) is 10.9 Å². The summed E-state index contributed by atoms with van der Waals surface area (Å²) < 4.78 is 78.4. The van der Waals surface area contributed by atoms with E-state index in [9.17, 15) is 35.9 Å². The summed E-state index contributed by atoms with van der Waals surface area (Å²) in [6, 6.07) is 7.73. The zero-order chi connectivity index (χ0) is 32.7. The number of aromatic amines is 1. The molecule has 0 bridgehead atoms. The predicted molar refractivity (Wildman–Crippen MR) is 153 cm³/mol. The van der Waals surface area contributed by atoms with Gasteiger partial charge in [-0.15, -0.1) is 0 Å². The number of hydrogen-bond donors (Lipinski definition) is 3. The Morgan fingerprint density at radius 3 is 2.48 bits per heavy atom. The van der Waals surface area contributed by atoms with Crippen molar-refractivity contribution in [2.24, 2.45) is 10.7 Å². The zero-order valence-electron chi connectivity index (χ0n) is 23.5. The number of aliphatic imine (C=N–C) groups is 1. The molecule has 0 radical (unpaired) electrons. The van der Waals surface area contributed by atoms with Gasteiger partial charge >= 0.3 is 12.8 Å². The van der Waals surface area contributed by atoms with Gasteiger partial charge in [-0.3, -0.25) is 9.59 Å². The van der Waals surface area contributed by atoms with Crippen LogP contribution in [-0.4, -0.2) is 59.0 Å². The molecule has 2 heterocycles. The lowest BCUT2D eigenvalue weighted by molar-refractivity contribution is -0.138. The number of carbonyl (C=O) groups excluding carboxylic acids is 1. The van der Waals surface area contributed by atoms with E-state index in [1.165, 1.54) is 6.07 Å². The number of nitrogens with one attached hydrogen (secondary N) is 1. The normalized spacial score (nSPS) is 11.9. The van der Waals surface area contributed by atoms with E-state index in [0.29, 0.717) is 24.1 Å². The van der Waals surface area contributed by atoms with Crippen LogP contribution in [0.2, 0.25) is 0 Å². The highest BCUT2D eigenvalue weighted by molar-refractivity contribution is 6.00. The molecule has 10 nitrogen and oxygen atoms in total. The van der Waals surface area contributed by atoms with Crippen LogP contribution in [0.1, 0.15) is 52.7 Å². The smallest absolute Gasteiger partial charge is 0.397 e. The maximum absolute atomic E-state index is 14.5. The number of anilines is 1. The second-order valence-corrected chi connectivity index (χ2v) is 9.13. The number of aromatic nitrogens is 3. The highest BCUT2D eigenvalue weighted by atomic mass is 19.4. The fraction of sp³-hybridized carbons (Fsp3) is 0.321. The van der Waals surface area contributed by atoms with Gasteiger partial charge in [0.1, 0.15) is 17.2 Å². The van der Waals surface area contributed by atoms with Crippen LogP contribution in [0.15, 0.2) is 58.7 Å². The fourth-order valence-corrected chi connectivity index (χ4v) is 3.63. The van der Waals surface area contributed by atoms with Gasteiger partial charge in [-0.25, -0.2) is 19.5 Å². The number of halogens is 6. The zero-order valence-corrected chi connectivity index (χ0v) is 23.5. The van der Waals surface area contributed by atoms with Gasteiger partial charge in [0.15, 0.2) is 12.1 Å². The monoisotopic (exact) mass is 627 g/mol. The minimum atomic E-state index is -4.74. The molecule has 0 aliphatic rings. The Labute approximate surface area is 248 Å². The van der Waals surface area contributed by atoms with Gasteiger partial charge in [-0.1, -0.05) is 18.9 Å². The van der Waals surface area contributed by atoms with Gasteiger partial charge in [0, 0.05) is 25.4 Å². The van der Waals surface area contributed by atoms with E-state index in [1.807, 2.05) is 11.9 Å². The number of benzene rings is 1. The topological polar surface area (TPSA) is 153 Å². The largest absolute Gasteiger partial charge is 0.423 e. The molecular formula is C28H31F6N7O3. The van der Waals surface area contributed by atoms with Gasteiger partial charge in [-0.2, -0.15) is 27.1 Å². The number of nitrogen functional groups attached to an aromatic ring is 1. The molecule has 16 heteroatoms. The second kappa shape index (κ2) is 17.4. The van der Waals surface area contributed by atoms with Crippen molar-refractivity contribution in [2.75, 3.05) is 25.9 Å². The number of H-pyrrole nitrogens is 1. The van der Waals surface area contributed by atoms with Crippen molar-refractivity contribution in [3.63, 3.8) is 0 Å². The van der Waals surface area contributed by atoms with Crippen LogP contribution >= 0.6 is 0 Å². The molecule has 3 aromatic rings. The molecule has 5 N–H and O–H groups in total. The van der Waals surface area contributed by atoms with E-state index in [4.69, 9.17) is 11.5 Å². The quantitative estimate of drug-likeness (QED) is 0.0774. The molecule has 44 heavy (non-hydrogen) atoms. The minimum Gasteiger partial charge on any atom is -0.397 e. The lowest BCUT2D eigenvalue weighted by Crippen LogP contribution is -2.24. The van der Waals surface area contributed by atoms with Crippen molar-refractivity contribution >= 4 is 29.7 Å². The number of rotatable bonds is 13. The number of amidine groups is 1. The molecule has 0 fully saturated rings. The Bertz CT molecular complexity index is 1460. The summed E-state index contributed by atoms with van der Waals surface area (Å²) in [5.41, 5.74) is 8.25. The lowest BCUT2D eigenvalue weighted by Gasteiger charge is -2.14. The van der Waals surface area contributed by atoms with E-state index in [0.717, 1.165) is 38.1 Å². The van der Waals surface area contributed by atoms with Gasteiger partial charge in [0.2, 0.25) is 0 Å². The molecule has 0 aliphatic carbocycles. The van der Waals surface area contributed by atoms with E-state index < -0.39 is 35.4 Å². The van der Waals surface area contributed by atoms with Crippen LogP contribution in [0, 0.1) is 5.82 Å². The summed E-state index contributed by atoms with van der Waals surface area (Å²) in [6.45, 7) is -1.92. The third kappa shape index (κ3) is 11.9. The molecule has 0 atom stereocenters. The third-order valence-electron chi connectivity index (χ3n) is 5.79. The number of carbonyl (C=O) groups is 1. The van der Waals surface area contributed by atoms with Crippen molar-refractivity contribution in [1.29, 1.82) is 0 Å². The summed E-state index contributed by atoms with van der Waals surface area (Å²) in [5.74, 6) is -0.343. The molecule has 0 spiro atoms. The standard InChI is InChI=1S/C23H27F3N4O2.C5H4F3N3O/c1-30(11-6-2-3-7-13-32-23(25)26)12-9-17-14-19(20(24)15-18(17)16-31)22(27)29-21-8-4-5-10-28-21;6-5(7,8)3-2(9)1-10-11-4(3)12/h4-5,8-10,12,14-16,23H,2-3,6-7,11,13H2,1H3,(H2,27,28,29);1H,(H3,9,11,12)/b12-9-;. The molecule has 0 amide bonds. The van der Waals surface area contributed by atoms with E-state index in [2.05, 4.69) is 19.8 Å². The first-order valence-corrected chi connectivity index (χ1v) is 13.1. The number of alkyl halides is 5. The average Bonchev–Trinajstić information content (AvgIpc) is 2.95. The van der Waals surface area contributed by atoms with E-state index in [-0.39, 0.29) is 23.6 Å². The summed E-state index contributed by atoms with van der Waals surface area (Å²) in [5, 5.41) is 4.74. The van der Waals surface area contributed by atoms with Crippen molar-refractivity contribution in [2.45, 2.75) is 38.5 Å². The van der Waals surface area contributed by atoms with Gasteiger partial charge < -0.3 is 21.1 Å². The van der Waals surface area contributed by atoms with Gasteiger partial charge in [-0.05, 0) is 54.9 Å². The third-order valence-corrected chi connectivity index (χ3v) is 5.79. The lowest BCUT2D eigenvalue weighted by atomic mass is 10.0. The molecule has 0 saturated heterocycles. The first-order valence-electron chi connectivity index (χ1n) is 13.1. The summed E-state index contributed by atoms with van der Waals surface area (Å²) in [4.78, 5) is 32.1. The van der Waals surface area contributed by atoms with Crippen LogP contribution in [0.3, 0.4) is 0 Å². The van der Waals surface area contributed by atoms with Crippen molar-refractivity contribution in [3.8, 4) is 0 Å². The Kier molecular flexibility index (Phi) is 14.0. The number of unbranched alkanes of at least 4 members (excludes halogenated alkanes) is 3. The highest BCUT2D eigenvalue weighted by Crippen LogP contribution is 2.29. The minimum absolute atomic E-state index is 0.0440. The predicted octanol–water partition coefficient (Wildman–Crippen LogP) is 5.14. The van der Waals surface area contributed by atoms with Crippen LogP contribution in [0.4, 0.5) is 37.8 Å². The number of pyridine rings is 1. The molecule has 1 aromatic carbocycles. The molecule has 0 saturated carbocycles. The summed E-state index contributed by atoms with van der Waals surface area (Å²) >= 11 is 0. The highest BCUT2D eigenvalue weighted by Gasteiger charge is 2.36. The molecule has 0 aliphatic heterocycles.